The molecule has 1 aromatic carbocycles. The zero-order valence-electron chi connectivity index (χ0n) is 17.7. The Balaban J connectivity index is 1.60. The van der Waals surface area contributed by atoms with Gasteiger partial charge in [0.1, 0.15) is 5.82 Å². The van der Waals surface area contributed by atoms with Crippen LogP contribution < -0.4 is 10.6 Å². The summed E-state index contributed by atoms with van der Waals surface area (Å²) in [5.41, 5.74) is 4.35. The third-order valence-corrected chi connectivity index (χ3v) is 7.31. The van der Waals surface area contributed by atoms with Gasteiger partial charge in [-0.3, -0.25) is 9.78 Å². The number of para-hydroxylation sites is 1. The Morgan fingerprint density at radius 2 is 1.97 bits per heavy atom. The van der Waals surface area contributed by atoms with Gasteiger partial charge >= 0.3 is 0 Å². The van der Waals surface area contributed by atoms with Gasteiger partial charge in [0, 0.05) is 39.7 Å². The Kier molecular flexibility index (Phi) is 6.75. The van der Waals surface area contributed by atoms with Gasteiger partial charge in [-0.15, -0.1) is 0 Å². The molecule has 0 bridgehead atoms. The number of aryl methyl sites for hydroxylation is 2. The second-order valence-corrected chi connectivity index (χ2v) is 9.17. The summed E-state index contributed by atoms with van der Waals surface area (Å²) in [6.07, 6.45) is 1.93. The molecule has 1 aliphatic heterocycles. The van der Waals surface area contributed by atoms with Crippen LogP contribution in [0.2, 0.25) is 0 Å². The van der Waals surface area contributed by atoms with E-state index in [1.54, 1.807) is 24.4 Å². The van der Waals surface area contributed by atoms with Gasteiger partial charge in [-0.1, -0.05) is 18.2 Å². The van der Waals surface area contributed by atoms with Crippen molar-refractivity contribution < 1.29 is 9.18 Å². The van der Waals surface area contributed by atoms with E-state index in [1.807, 2.05) is 36.9 Å². The topological polar surface area (TPSA) is 73.0 Å². The largest absolute Gasteiger partial charge is 0.362 e. The molecule has 0 spiro atoms. The van der Waals surface area contributed by atoms with Crippen LogP contribution in [0.1, 0.15) is 41.1 Å². The highest BCUT2D eigenvalue weighted by molar-refractivity contribution is 14.1. The quantitative estimate of drug-likeness (QED) is 0.298. The Morgan fingerprint density at radius 1 is 1.22 bits per heavy atom. The third kappa shape index (κ3) is 4.49. The van der Waals surface area contributed by atoms with E-state index in [-0.39, 0.29) is 30.1 Å². The molecule has 4 rings (SSSR count). The fraction of sp³-hybridized carbons (Fsp3) is 0.261. The Labute approximate surface area is 205 Å². The number of rotatable bonds is 6. The third-order valence-electron chi connectivity index (χ3n) is 5.57. The highest BCUT2D eigenvalue weighted by atomic mass is 127. The van der Waals surface area contributed by atoms with E-state index in [4.69, 9.17) is 12.2 Å². The molecule has 32 heavy (non-hydrogen) atoms. The summed E-state index contributed by atoms with van der Waals surface area (Å²) < 4.78 is 15.0. The van der Waals surface area contributed by atoms with Crippen molar-refractivity contribution in [3.8, 4) is 0 Å². The zero-order valence-corrected chi connectivity index (χ0v) is 20.6. The first-order chi connectivity index (χ1) is 15.4. The second kappa shape index (κ2) is 9.53. The van der Waals surface area contributed by atoms with Gasteiger partial charge in [-0.05, 0) is 72.9 Å². The fourth-order valence-electron chi connectivity index (χ4n) is 4.08. The standard InChI is InChI=1S/C23H23FIN5OS/c1-13-19(20(25)14(2)27-13)22-21(17-9-5-6-11-26-17)29-23(32)30(22)12-10-18(31)28-16-8-4-3-7-15(16)24/h3-9,11,21-22,27H,10,12H2,1-2H3,(H,28,31)(H,29,32). The van der Waals surface area contributed by atoms with E-state index in [0.717, 1.165) is 26.2 Å². The average molecular weight is 563 g/mol. The van der Waals surface area contributed by atoms with Crippen molar-refractivity contribution in [3.05, 3.63) is 80.7 Å². The molecule has 6 nitrogen and oxygen atoms in total. The first-order valence-electron chi connectivity index (χ1n) is 10.2. The Morgan fingerprint density at radius 3 is 2.62 bits per heavy atom. The summed E-state index contributed by atoms with van der Waals surface area (Å²) in [7, 11) is 0. The summed E-state index contributed by atoms with van der Waals surface area (Å²) in [6.45, 7) is 4.48. The fourth-order valence-corrected chi connectivity index (χ4v) is 5.27. The highest BCUT2D eigenvalue weighted by Gasteiger charge is 2.42. The smallest absolute Gasteiger partial charge is 0.226 e. The van der Waals surface area contributed by atoms with Gasteiger partial charge in [0.05, 0.1) is 23.5 Å². The van der Waals surface area contributed by atoms with Crippen molar-refractivity contribution in [2.45, 2.75) is 32.4 Å². The number of aromatic nitrogens is 2. The first kappa shape index (κ1) is 22.7. The molecule has 3 aromatic rings. The predicted octanol–water partition coefficient (Wildman–Crippen LogP) is 4.77. The summed E-state index contributed by atoms with van der Waals surface area (Å²) in [5, 5.41) is 6.62. The average Bonchev–Trinajstić information content (AvgIpc) is 3.23. The van der Waals surface area contributed by atoms with E-state index in [9.17, 15) is 9.18 Å². The number of pyridine rings is 1. The minimum absolute atomic E-state index is 0.129. The number of hydrogen-bond donors (Lipinski definition) is 3. The van der Waals surface area contributed by atoms with Crippen molar-refractivity contribution in [1.29, 1.82) is 0 Å². The van der Waals surface area contributed by atoms with E-state index < -0.39 is 5.82 Å². The van der Waals surface area contributed by atoms with Crippen LogP contribution in [0, 0.1) is 23.2 Å². The van der Waals surface area contributed by atoms with E-state index in [1.165, 1.54) is 6.07 Å². The lowest BCUT2D eigenvalue weighted by molar-refractivity contribution is -0.116. The number of thiocarbonyl (C=S) groups is 1. The lowest BCUT2D eigenvalue weighted by Gasteiger charge is -2.28. The van der Waals surface area contributed by atoms with Crippen LogP contribution in [0.25, 0.3) is 0 Å². The number of hydrogen-bond acceptors (Lipinski definition) is 3. The number of anilines is 1. The summed E-state index contributed by atoms with van der Waals surface area (Å²) >= 11 is 8.03. The molecule has 9 heteroatoms. The number of halogens is 2. The molecule has 3 heterocycles. The molecule has 2 atom stereocenters. The number of benzene rings is 1. The summed E-state index contributed by atoms with van der Waals surface area (Å²) in [5.74, 6) is -0.727. The summed E-state index contributed by atoms with van der Waals surface area (Å²) in [6, 6.07) is 11.7. The van der Waals surface area contributed by atoms with Gasteiger partial charge in [0.15, 0.2) is 5.11 Å². The number of carbonyl (C=O) groups is 1. The first-order valence-corrected chi connectivity index (χ1v) is 11.7. The predicted molar refractivity (Wildman–Crippen MR) is 135 cm³/mol. The van der Waals surface area contributed by atoms with Crippen LogP contribution in [0.15, 0.2) is 48.7 Å². The van der Waals surface area contributed by atoms with Gasteiger partial charge in [-0.2, -0.15) is 0 Å². The molecular formula is C23H23FIN5OS. The molecule has 3 N–H and O–H groups in total. The molecule has 0 radical (unpaired) electrons. The van der Waals surface area contributed by atoms with E-state index in [0.29, 0.717) is 11.7 Å². The minimum atomic E-state index is -0.458. The Hall–Kier alpha value is -2.53. The molecule has 1 saturated heterocycles. The van der Waals surface area contributed by atoms with Crippen LogP contribution in [0.4, 0.5) is 10.1 Å². The molecule has 0 saturated carbocycles. The van der Waals surface area contributed by atoms with E-state index in [2.05, 4.69) is 43.2 Å². The van der Waals surface area contributed by atoms with Gasteiger partial charge in [-0.25, -0.2) is 4.39 Å². The second-order valence-electron chi connectivity index (χ2n) is 7.70. The van der Waals surface area contributed by atoms with Crippen molar-refractivity contribution in [2.75, 3.05) is 11.9 Å². The van der Waals surface area contributed by atoms with Crippen LogP contribution >= 0.6 is 34.8 Å². The maximum absolute atomic E-state index is 13.9. The minimum Gasteiger partial charge on any atom is -0.362 e. The number of nitrogens with one attached hydrogen (secondary N) is 3. The van der Waals surface area contributed by atoms with Crippen LogP contribution in [0.5, 0.6) is 0 Å². The Bertz CT molecular complexity index is 1150. The van der Waals surface area contributed by atoms with E-state index >= 15 is 0 Å². The van der Waals surface area contributed by atoms with Crippen LogP contribution in [0.3, 0.4) is 0 Å². The highest BCUT2D eigenvalue weighted by Crippen LogP contribution is 2.42. The van der Waals surface area contributed by atoms with Gasteiger partial charge < -0.3 is 20.5 Å². The molecular weight excluding hydrogens is 540 g/mol. The lowest BCUT2D eigenvalue weighted by atomic mass is 9.96. The number of aromatic amines is 1. The van der Waals surface area contributed by atoms with Crippen LogP contribution in [-0.4, -0.2) is 32.4 Å². The number of H-pyrrole nitrogens is 1. The monoisotopic (exact) mass is 563 g/mol. The van der Waals surface area contributed by atoms with Gasteiger partial charge in [0.2, 0.25) is 5.91 Å². The SMILES string of the molecule is Cc1[nH]c(C)c(C2C(c3ccccn3)NC(=S)N2CCC(=O)Nc2ccccc2F)c1I. The molecule has 2 unspecified atom stereocenters. The molecule has 2 aromatic heterocycles. The lowest BCUT2D eigenvalue weighted by Crippen LogP contribution is -2.33. The molecule has 1 amide bonds. The van der Waals surface area contributed by atoms with Crippen LogP contribution in [-0.2, 0) is 4.79 Å². The molecule has 0 aliphatic carbocycles. The number of amides is 1. The number of nitrogens with zero attached hydrogens (tertiary/aromatic N) is 2. The zero-order chi connectivity index (χ0) is 22.8. The normalized spacial score (nSPS) is 18.0. The molecule has 1 fully saturated rings. The van der Waals surface area contributed by atoms with Crippen molar-refractivity contribution >= 4 is 51.5 Å². The van der Waals surface area contributed by atoms with Crippen molar-refractivity contribution in [1.82, 2.24) is 20.2 Å². The van der Waals surface area contributed by atoms with Crippen molar-refractivity contribution in [2.24, 2.45) is 0 Å². The maximum Gasteiger partial charge on any atom is 0.226 e. The molecule has 166 valence electrons. The molecule has 1 aliphatic rings. The van der Waals surface area contributed by atoms with Crippen molar-refractivity contribution in [3.63, 3.8) is 0 Å². The number of carbonyl (C=O) groups excluding carboxylic acids is 1. The summed E-state index contributed by atoms with van der Waals surface area (Å²) in [4.78, 5) is 22.6. The van der Waals surface area contributed by atoms with Gasteiger partial charge in [0.25, 0.3) is 0 Å². The maximum atomic E-state index is 13.9.